The Hall–Kier alpha value is -2.22. The molecule has 1 aromatic rings. The number of nitrogens with one attached hydrogen (secondary N) is 1. The lowest BCUT2D eigenvalue weighted by atomic mass is 10.2. The first-order valence-electron chi connectivity index (χ1n) is 4.63. The van der Waals surface area contributed by atoms with Crippen molar-refractivity contribution in [2.45, 2.75) is 12.5 Å². The maximum atomic E-state index is 11.5. The summed E-state index contributed by atoms with van der Waals surface area (Å²) in [5.41, 5.74) is -0.156. The van der Waals surface area contributed by atoms with Crippen molar-refractivity contribution in [2.24, 2.45) is 0 Å². The average molecular weight is 274 g/mol. The standard InChI is InChI=1S/C9H8ClN3O5/c10-6-3-11-5(2-12-6)8(16)13-4(9(17)18)1-7(14)15/h2-4H,1H2,(H,13,16)(H,14,15)(H,17,18)/t4-/m1/s1. The van der Waals surface area contributed by atoms with Crippen LogP contribution in [0.15, 0.2) is 12.4 Å². The number of halogens is 1. The van der Waals surface area contributed by atoms with Gasteiger partial charge in [-0.15, -0.1) is 0 Å². The number of amides is 1. The van der Waals surface area contributed by atoms with Crippen LogP contribution in [0.2, 0.25) is 5.15 Å². The van der Waals surface area contributed by atoms with Crippen LogP contribution in [0.25, 0.3) is 0 Å². The van der Waals surface area contributed by atoms with Crippen molar-refractivity contribution < 1.29 is 24.6 Å². The van der Waals surface area contributed by atoms with Gasteiger partial charge in [0.15, 0.2) is 0 Å². The van der Waals surface area contributed by atoms with Crippen molar-refractivity contribution in [1.82, 2.24) is 15.3 Å². The second-order valence-electron chi connectivity index (χ2n) is 3.19. The molecular formula is C9H8ClN3O5. The van der Waals surface area contributed by atoms with Gasteiger partial charge in [0.05, 0.1) is 18.8 Å². The number of nitrogens with zero attached hydrogens (tertiary/aromatic N) is 2. The molecule has 1 atom stereocenters. The molecule has 18 heavy (non-hydrogen) atoms. The fourth-order valence-electron chi connectivity index (χ4n) is 1.04. The molecule has 0 bridgehead atoms. The Balaban J connectivity index is 2.75. The monoisotopic (exact) mass is 273 g/mol. The maximum absolute atomic E-state index is 11.5. The van der Waals surface area contributed by atoms with E-state index in [9.17, 15) is 14.4 Å². The third kappa shape index (κ3) is 3.98. The van der Waals surface area contributed by atoms with Gasteiger partial charge < -0.3 is 15.5 Å². The van der Waals surface area contributed by atoms with Gasteiger partial charge in [0.2, 0.25) is 0 Å². The molecule has 0 aliphatic rings. The molecule has 0 aliphatic carbocycles. The number of aromatic nitrogens is 2. The first-order chi connectivity index (χ1) is 8.40. The molecule has 96 valence electrons. The lowest BCUT2D eigenvalue weighted by molar-refractivity contribution is -0.145. The van der Waals surface area contributed by atoms with E-state index in [-0.39, 0.29) is 10.8 Å². The van der Waals surface area contributed by atoms with Crippen LogP contribution >= 0.6 is 11.6 Å². The maximum Gasteiger partial charge on any atom is 0.326 e. The van der Waals surface area contributed by atoms with Gasteiger partial charge in [-0.3, -0.25) is 9.59 Å². The van der Waals surface area contributed by atoms with Crippen LogP contribution in [0.3, 0.4) is 0 Å². The van der Waals surface area contributed by atoms with Gasteiger partial charge in [0, 0.05) is 0 Å². The number of aliphatic carboxylic acids is 2. The highest BCUT2D eigenvalue weighted by atomic mass is 35.5. The van der Waals surface area contributed by atoms with E-state index in [1.807, 2.05) is 5.32 Å². The van der Waals surface area contributed by atoms with E-state index in [0.717, 1.165) is 12.4 Å². The summed E-state index contributed by atoms with van der Waals surface area (Å²) in [6, 6.07) is -1.53. The predicted molar refractivity (Wildman–Crippen MR) is 58.2 cm³/mol. The van der Waals surface area contributed by atoms with E-state index in [1.54, 1.807) is 0 Å². The molecule has 0 fully saturated rings. The average Bonchev–Trinajstić information content (AvgIpc) is 2.28. The van der Waals surface area contributed by atoms with Gasteiger partial charge in [-0.25, -0.2) is 14.8 Å². The minimum absolute atomic E-state index is 0.0758. The number of rotatable bonds is 5. The fraction of sp³-hybridized carbons (Fsp3) is 0.222. The molecule has 0 unspecified atom stereocenters. The molecule has 0 saturated carbocycles. The smallest absolute Gasteiger partial charge is 0.326 e. The van der Waals surface area contributed by atoms with Gasteiger partial charge in [0.1, 0.15) is 16.9 Å². The van der Waals surface area contributed by atoms with E-state index in [1.165, 1.54) is 0 Å². The highest BCUT2D eigenvalue weighted by Crippen LogP contribution is 2.02. The number of carboxylic acids is 2. The number of carboxylic acid groups (broad SMARTS) is 2. The Kier molecular flexibility index (Phi) is 4.55. The zero-order valence-corrected chi connectivity index (χ0v) is 9.59. The molecule has 0 saturated heterocycles. The van der Waals surface area contributed by atoms with E-state index in [4.69, 9.17) is 21.8 Å². The van der Waals surface area contributed by atoms with Crippen LogP contribution in [0.5, 0.6) is 0 Å². The third-order valence-corrected chi connectivity index (χ3v) is 2.03. The summed E-state index contributed by atoms with van der Waals surface area (Å²) in [6.07, 6.45) is 1.43. The van der Waals surface area contributed by atoms with Crippen LogP contribution in [0, 0.1) is 0 Å². The minimum Gasteiger partial charge on any atom is -0.481 e. The molecule has 9 heteroatoms. The number of carbonyl (C=O) groups excluding carboxylic acids is 1. The fourth-order valence-corrected chi connectivity index (χ4v) is 1.13. The second kappa shape index (κ2) is 5.92. The molecular weight excluding hydrogens is 266 g/mol. The molecule has 3 N–H and O–H groups in total. The van der Waals surface area contributed by atoms with Gasteiger partial charge in [-0.1, -0.05) is 11.6 Å². The largest absolute Gasteiger partial charge is 0.481 e. The van der Waals surface area contributed by atoms with Crippen LogP contribution in [0.1, 0.15) is 16.9 Å². The molecule has 8 nitrogen and oxygen atoms in total. The Morgan fingerprint density at radius 1 is 1.28 bits per heavy atom. The van der Waals surface area contributed by atoms with Crippen molar-refractivity contribution >= 4 is 29.4 Å². The molecule has 1 heterocycles. The Morgan fingerprint density at radius 2 is 1.94 bits per heavy atom. The molecule has 0 radical (unpaired) electrons. The quantitative estimate of drug-likeness (QED) is 0.676. The van der Waals surface area contributed by atoms with Crippen molar-refractivity contribution in [3.63, 3.8) is 0 Å². The Morgan fingerprint density at radius 3 is 2.39 bits per heavy atom. The summed E-state index contributed by atoms with van der Waals surface area (Å²) in [5.74, 6) is -3.63. The van der Waals surface area contributed by atoms with Gasteiger partial charge >= 0.3 is 11.9 Å². The summed E-state index contributed by atoms with van der Waals surface area (Å²) < 4.78 is 0. The molecule has 0 aliphatic heterocycles. The highest BCUT2D eigenvalue weighted by Gasteiger charge is 2.24. The molecule has 1 aromatic heterocycles. The summed E-state index contributed by atoms with van der Waals surface area (Å²) >= 11 is 5.46. The van der Waals surface area contributed by atoms with Crippen molar-refractivity contribution in [1.29, 1.82) is 0 Å². The first kappa shape index (κ1) is 13.8. The van der Waals surface area contributed by atoms with Gasteiger partial charge in [-0.2, -0.15) is 0 Å². The molecule has 0 aromatic carbocycles. The lowest BCUT2D eigenvalue weighted by Gasteiger charge is -2.11. The van der Waals surface area contributed by atoms with E-state index >= 15 is 0 Å². The van der Waals surface area contributed by atoms with E-state index < -0.39 is 30.3 Å². The van der Waals surface area contributed by atoms with Crippen LogP contribution in [0.4, 0.5) is 0 Å². The minimum atomic E-state index is -1.53. The van der Waals surface area contributed by atoms with Gasteiger partial charge in [-0.05, 0) is 0 Å². The predicted octanol–water partition coefficient (Wildman–Crippen LogP) is -0.212. The lowest BCUT2D eigenvalue weighted by Crippen LogP contribution is -2.42. The first-order valence-corrected chi connectivity index (χ1v) is 5.01. The number of hydrogen-bond donors (Lipinski definition) is 3. The van der Waals surface area contributed by atoms with Crippen molar-refractivity contribution in [3.05, 3.63) is 23.2 Å². The summed E-state index contributed by atoms with van der Waals surface area (Å²) in [7, 11) is 0. The third-order valence-electron chi connectivity index (χ3n) is 1.84. The number of carbonyl (C=O) groups is 3. The molecule has 0 spiro atoms. The van der Waals surface area contributed by atoms with Crippen LogP contribution < -0.4 is 5.32 Å². The van der Waals surface area contributed by atoms with Crippen molar-refractivity contribution in [3.8, 4) is 0 Å². The van der Waals surface area contributed by atoms with E-state index in [2.05, 4.69) is 9.97 Å². The second-order valence-corrected chi connectivity index (χ2v) is 3.57. The summed E-state index contributed by atoms with van der Waals surface area (Å²) in [6.45, 7) is 0. The normalized spacial score (nSPS) is 11.6. The molecule has 1 rings (SSSR count). The van der Waals surface area contributed by atoms with Gasteiger partial charge in [0.25, 0.3) is 5.91 Å². The zero-order valence-electron chi connectivity index (χ0n) is 8.83. The van der Waals surface area contributed by atoms with E-state index in [0.29, 0.717) is 0 Å². The van der Waals surface area contributed by atoms with Crippen LogP contribution in [-0.4, -0.2) is 44.1 Å². The topological polar surface area (TPSA) is 129 Å². The zero-order chi connectivity index (χ0) is 13.7. The Bertz CT molecular complexity index is 476. The van der Waals surface area contributed by atoms with Crippen molar-refractivity contribution in [2.75, 3.05) is 0 Å². The highest BCUT2D eigenvalue weighted by molar-refractivity contribution is 6.29. The van der Waals surface area contributed by atoms with Crippen LogP contribution in [-0.2, 0) is 9.59 Å². The Labute approximate surface area is 106 Å². The summed E-state index contributed by atoms with van der Waals surface area (Å²) in [4.78, 5) is 39.9. The SMILES string of the molecule is O=C(O)C[C@@H](NC(=O)c1cnc(Cl)cn1)C(=O)O. The number of hydrogen-bond acceptors (Lipinski definition) is 5. The molecule has 1 amide bonds. The summed E-state index contributed by atoms with van der Waals surface area (Å²) in [5, 5.41) is 19.3.